The topological polar surface area (TPSA) is 29.3 Å². The number of nitrogens with zero attached hydrogens (tertiary/aromatic N) is 1. The predicted molar refractivity (Wildman–Crippen MR) is 79.6 cm³/mol. The highest BCUT2D eigenvalue weighted by Gasteiger charge is 2.10. The van der Waals surface area contributed by atoms with Crippen molar-refractivity contribution in [2.24, 2.45) is 5.73 Å². The van der Waals surface area contributed by atoms with Crippen LogP contribution in [0, 0.1) is 0 Å². The van der Waals surface area contributed by atoms with Gasteiger partial charge in [-0.25, -0.2) is 0 Å². The third-order valence-electron chi connectivity index (χ3n) is 3.43. The van der Waals surface area contributed by atoms with Gasteiger partial charge in [0.2, 0.25) is 0 Å². The lowest BCUT2D eigenvalue weighted by Gasteiger charge is -2.26. The van der Waals surface area contributed by atoms with E-state index >= 15 is 0 Å². The van der Waals surface area contributed by atoms with Crippen molar-refractivity contribution in [1.29, 1.82) is 0 Å². The molecule has 18 heavy (non-hydrogen) atoms. The van der Waals surface area contributed by atoms with Gasteiger partial charge >= 0.3 is 0 Å². The fourth-order valence-electron chi connectivity index (χ4n) is 2.30. The Labute approximate surface area is 112 Å². The van der Waals surface area contributed by atoms with Crippen LogP contribution in [0.25, 0.3) is 0 Å². The molecule has 0 saturated carbocycles. The summed E-state index contributed by atoms with van der Waals surface area (Å²) in [7, 11) is 0. The second kappa shape index (κ2) is 8.28. The molecule has 0 fully saturated rings. The molecule has 2 heteroatoms. The molecule has 0 saturated heterocycles. The molecule has 1 atom stereocenters. The van der Waals surface area contributed by atoms with E-state index in [0.29, 0.717) is 6.04 Å². The molecule has 102 valence electrons. The largest absolute Gasteiger partial charge is 0.324 e. The summed E-state index contributed by atoms with van der Waals surface area (Å²) in [5, 5.41) is 0. The van der Waals surface area contributed by atoms with Gasteiger partial charge in [-0.15, -0.1) is 0 Å². The summed E-state index contributed by atoms with van der Waals surface area (Å²) in [5.41, 5.74) is 7.47. The Morgan fingerprint density at radius 1 is 1.11 bits per heavy atom. The average molecular weight is 248 g/mol. The summed E-state index contributed by atoms with van der Waals surface area (Å²) in [6.45, 7) is 9.13. The third-order valence-corrected chi connectivity index (χ3v) is 3.43. The van der Waals surface area contributed by atoms with E-state index in [1.54, 1.807) is 0 Å². The van der Waals surface area contributed by atoms with Crippen LogP contribution in [-0.2, 0) is 0 Å². The Bertz CT molecular complexity index is 308. The Hall–Kier alpha value is -0.860. The number of rotatable bonds is 8. The SMILES string of the molecule is CCCN(CCCC(N)c1ccccc1)C(C)C. The highest BCUT2D eigenvalue weighted by Crippen LogP contribution is 2.15. The van der Waals surface area contributed by atoms with E-state index in [1.807, 2.05) is 6.07 Å². The Kier molecular flexibility index (Phi) is 6.99. The molecule has 1 aromatic rings. The maximum absolute atomic E-state index is 6.21. The molecular weight excluding hydrogens is 220 g/mol. The van der Waals surface area contributed by atoms with Gasteiger partial charge in [0.05, 0.1) is 0 Å². The molecule has 2 N–H and O–H groups in total. The van der Waals surface area contributed by atoms with Crippen molar-refractivity contribution in [1.82, 2.24) is 4.90 Å². The Balaban J connectivity index is 2.32. The molecule has 0 amide bonds. The van der Waals surface area contributed by atoms with Gasteiger partial charge in [0, 0.05) is 12.1 Å². The second-order valence-corrected chi connectivity index (χ2v) is 5.29. The number of hydrogen-bond donors (Lipinski definition) is 1. The zero-order valence-electron chi connectivity index (χ0n) is 12.1. The van der Waals surface area contributed by atoms with E-state index in [-0.39, 0.29) is 6.04 Å². The molecular formula is C16H28N2. The molecule has 2 nitrogen and oxygen atoms in total. The lowest BCUT2D eigenvalue weighted by molar-refractivity contribution is 0.216. The van der Waals surface area contributed by atoms with Crippen LogP contribution in [0.4, 0.5) is 0 Å². The highest BCUT2D eigenvalue weighted by molar-refractivity contribution is 5.18. The van der Waals surface area contributed by atoms with Crippen LogP contribution in [0.1, 0.15) is 51.6 Å². The normalized spacial score (nSPS) is 13.2. The molecule has 0 radical (unpaired) electrons. The van der Waals surface area contributed by atoms with Crippen LogP contribution in [0.2, 0.25) is 0 Å². The van der Waals surface area contributed by atoms with E-state index in [9.17, 15) is 0 Å². The van der Waals surface area contributed by atoms with Gasteiger partial charge in [-0.2, -0.15) is 0 Å². The summed E-state index contributed by atoms with van der Waals surface area (Å²) in [6, 6.07) is 11.2. The fourth-order valence-corrected chi connectivity index (χ4v) is 2.30. The van der Waals surface area contributed by atoms with Gasteiger partial charge in [0.1, 0.15) is 0 Å². The molecule has 1 rings (SSSR count). The van der Waals surface area contributed by atoms with Gasteiger partial charge in [-0.05, 0) is 51.8 Å². The van der Waals surface area contributed by atoms with Crippen LogP contribution < -0.4 is 5.73 Å². The first-order valence-electron chi connectivity index (χ1n) is 7.19. The zero-order valence-corrected chi connectivity index (χ0v) is 12.1. The van der Waals surface area contributed by atoms with Gasteiger partial charge in [-0.3, -0.25) is 0 Å². The number of benzene rings is 1. The van der Waals surface area contributed by atoms with Gasteiger partial charge in [-0.1, -0.05) is 37.3 Å². The summed E-state index contributed by atoms with van der Waals surface area (Å²) in [6.07, 6.45) is 3.47. The maximum atomic E-state index is 6.21. The number of hydrogen-bond acceptors (Lipinski definition) is 2. The van der Waals surface area contributed by atoms with Gasteiger partial charge in [0.25, 0.3) is 0 Å². The lowest BCUT2D eigenvalue weighted by Crippen LogP contribution is -2.32. The molecule has 1 aromatic carbocycles. The van der Waals surface area contributed by atoms with Crippen molar-refractivity contribution in [3.8, 4) is 0 Å². The predicted octanol–water partition coefficient (Wildman–Crippen LogP) is 3.59. The van der Waals surface area contributed by atoms with Crippen LogP contribution in [0.5, 0.6) is 0 Å². The summed E-state index contributed by atoms with van der Waals surface area (Å²) < 4.78 is 0. The van der Waals surface area contributed by atoms with Crippen LogP contribution >= 0.6 is 0 Å². The van der Waals surface area contributed by atoms with Crippen molar-refractivity contribution in [2.75, 3.05) is 13.1 Å². The van der Waals surface area contributed by atoms with Crippen molar-refractivity contribution >= 4 is 0 Å². The molecule has 0 aliphatic rings. The van der Waals surface area contributed by atoms with Crippen molar-refractivity contribution in [3.05, 3.63) is 35.9 Å². The maximum Gasteiger partial charge on any atom is 0.0295 e. The van der Waals surface area contributed by atoms with Gasteiger partial charge < -0.3 is 10.6 Å². The molecule has 0 aliphatic carbocycles. The molecule has 0 heterocycles. The minimum atomic E-state index is 0.182. The average Bonchev–Trinajstić information content (AvgIpc) is 2.38. The first kappa shape index (κ1) is 15.2. The monoisotopic (exact) mass is 248 g/mol. The van der Waals surface area contributed by atoms with Crippen LogP contribution in [0.15, 0.2) is 30.3 Å². The van der Waals surface area contributed by atoms with Crippen LogP contribution in [-0.4, -0.2) is 24.0 Å². The Morgan fingerprint density at radius 3 is 2.33 bits per heavy atom. The van der Waals surface area contributed by atoms with Gasteiger partial charge in [0.15, 0.2) is 0 Å². The standard InChI is InChI=1S/C16H28N2/c1-4-12-18(14(2)3)13-8-11-16(17)15-9-6-5-7-10-15/h5-7,9-10,14,16H,4,8,11-13,17H2,1-3H3. The quantitative estimate of drug-likeness (QED) is 0.762. The van der Waals surface area contributed by atoms with Crippen molar-refractivity contribution < 1.29 is 0 Å². The Morgan fingerprint density at radius 2 is 1.78 bits per heavy atom. The smallest absolute Gasteiger partial charge is 0.0295 e. The van der Waals surface area contributed by atoms with E-state index in [4.69, 9.17) is 5.73 Å². The van der Waals surface area contributed by atoms with E-state index < -0.39 is 0 Å². The van der Waals surface area contributed by atoms with E-state index in [0.717, 1.165) is 13.0 Å². The second-order valence-electron chi connectivity index (χ2n) is 5.29. The third kappa shape index (κ3) is 5.19. The molecule has 0 spiro atoms. The highest BCUT2D eigenvalue weighted by atomic mass is 15.1. The van der Waals surface area contributed by atoms with Crippen LogP contribution in [0.3, 0.4) is 0 Å². The number of nitrogens with two attached hydrogens (primary N) is 1. The molecule has 0 aromatic heterocycles. The summed E-state index contributed by atoms with van der Waals surface area (Å²) >= 11 is 0. The molecule has 1 unspecified atom stereocenters. The van der Waals surface area contributed by atoms with E-state index in [2.05, 4.69) is 49.9 Å². The molecule has 0 aliphatic heterocycles. The van der Waals surface area contributed by atoms with E-state index in [1.165, 1.54) is 24.9 Å². The first-order valence-corrected chi connectivity index (χ1v) is 7.19. The first-order chi connectivity index (χ1) is 8.65. The minimum absolute atomic E-state index is 0.182. The summed E-state index contributed by atoms with van der Waals surface area (Å²) in [4.78, 5) is 2.54. The molecule has 0 bridgehead atoms. The minimum Gasteiger partial charge on any atom is -0.324 e. The summed E-state index contributed by atoms with van der Waals surface area (Å²) in [5.74, 6) is 0. The fraction of sp³-hybridized carbons (Fsp3) is 0.625. The zero-order chi connectivity index (χ0) is 13.4. The lowest BCUT2D eigenvalue weighted by atomic mass is 10.0. The van der Waals surface area contributed by atoms with Crippen molar-refractivity contribution in [3.63, 3.8) is 0 Å². The van der Waals surface area contributed by atoms with Crippen molar-refractivity contribution in [2.45, 2.75) is 52.1 Å².